The summed E-state index contributed by atoms with van der Waals surface area (Å²) in [6.45, 7) is 11.9. The van der Waals surface area contributed by atoms with Crippen LogP contribution in [-0.2, 0) is 25.4 Å². The van der Waals surface area contributed by atoms with Crippen LogP contribution in [0.4, 0.5) is 15.5 Å². The fraction of sp³-hybridized carbons (Fsp3) is 0.385. The number of allylic oxidation sites excluding steroid dienone is 4. The predicted octanol–water partition coefficient (Wildman–Crippen LogP) is 9.69. The average molecular weight is 577 g/mol. The van der Waals surface area contributed by atoms with Gasteiger partial charge in [0.25, 0.3) is 0 Å². The molecule has 0 N–H and O–H groups in total. The largest absolute Gasteiger partial charge is 0.147 e. The molecule has 0 unspecified atom stereocenters. The Morgan fingerprint density at radius 2 is 1.11 bits per heavy atom. The van der Waals surface area contributed by atoms with Crippen LogP contribution in [0.2, 0.25) is 4.22 Å². The van der Waals surface area contributed by atoms with Gasteiger partial charge in [0.2, 0.25) is 0 Å². The van der Waals surface area contributed by atoms with Gasteiger partial charge in [-0.15, -0.1) is 24.8 Å². The molecule has 2 aromatic carbocycles. The molecule has 3 rings (SSSR count). The molecule has 0 heterocycles. The molecule has 0 amide bonds. The van der Waals surface area contributed by atoms with Crippen molar-refractivity contribution >= 4 is 28.7 Å². The van der Waals surface area contributed by atoms with Gasteiger partial charge < -0.3 is 0 Å². The van der Waals surface area contributed by atoms with E-state index in [0.29, 0.717) is 29.8 Å². The van der Waals surface area contributed by atoms with Crippen LogP contribution in [0.5, 0.6) is 5.75 Å². The summed E-state index contributed by atoms with van der Waals surface area (Å²) < 4.78 is 84.9. The van der Waals surface area contributed by atoms with Crippen LogP contribution in [0.1, 0.15) is 58.2 Å². The predicted molar refractivity (Wildman–Crippen MR) is 137 cm³/mol. The second-order valence-electron chi connectivity index (χ2n) is 11.9. The molecule has 0 aromatic heterocycles. The molecule has 0 saturated carbocycles. The Labute approximate surface area is 214 Å². The van der Waals surface area contributed by atoms with Crippen molar-refractivity contribution in [2.24, 2.45) is 0 Å². The molecule has 0 fully saturated rings. The van der Waals surface area contributed by atoms with Crippen LogP contribution in [0, 0.1) is 6.92 Å². The summed E-state index contributed by atoms with van der Waals surface area (Å²) in [5, 5.41) is 0. The van der Waals surface area contributed by atoms with Crippen molar-refractivity contribution < 1.29 is 33.3 Å². The summed E-state index contributed by atoms with van der Waals surface area (Å²) in [5.41, 5.74) is -0.940. The van der Waals surface area contributed by atoms with Crippen LogP contribution < -0.4 is 7.19 Å². The third kappa shape index (κ3) is 4.96. The maximum Gasteiger partial charge on any atom is -0.147 e. The van der Waals surface area contributed by atoms with Gasteiger partial charge in [0, 0.05) is 0 Å². The van der Waals surface area contributed by atoms with Gasteiger partial charge in [0.1, 0.15) is 0 Å². The molecule has 0 saturated heterocycles. The fourth-order valence-electron chi connectivity index (χ4n) is 4.51. The number of rotatable bonds is 4. The molecule has 0 bridgehead atoms. The molecule has 2 aromatic rings. The van der Waals surface area contributed by atoms with E-state index >= 15 is 15.5 Å². The van der Waals surface area contributed by atoms with Gasteiger partial charge in [-0.25, -0.2) is 0 Å². The Kier molecular flexibility index (Phi) is 6.29. The molecule has 0 radical (unpaired) electrons. The van der Waals surface area contributed by atoms with Gasteiger partial charge >= 0.3 is 190 Å². The maximum atomic E-state index is 17.1. The topological polar surface area (TPSA) is 9.23 Å². The summed E-state index contributed by atoms with van der Waals surface area (Å²) in [5.74, 6) is -0.810. The van der Waals surface area contributed by atoms with E-state index in [1.165, 1.54) is 18.2 Å². The Balaban J connectivity index is 0.00000306. The van der Waals surface area contributed by atoms with E-state index in [-0.39, 0.29) is 35.9 Å². The standard InChI is InChI=1S/C15H24O.C6H5.C5H5.2ClH.5FH.Ti/c1-10-8-11(14(2,3)4)13(16)12(9-10)15(5,6)7;1-2-4-6-5-3-1;1-2-4-5-3-1;;;;;;;;/h8-9,16H,1-7H3;1-5H;1-5H;7*1H;/q;;;;;;;;;;+6/p-6. The second kappa shape index (κ2) is 6.95. The maximum absolute atomic E-state index is 17.1. The van der Waals surface area contributed by atoms with Crippen LogP contribution >= 0.6 is 24.8 Å². The van der Waals surface area contributed by atoms with Crippen LogP contribution in [-0.4, -0.2) is 0 Å². The molecular weight excluding hydrogens is 542 g/mol. The molecule has 198 valence electrons. The zero-order valence-electron chi connectivity index (χ0n) is 21.0. The van der Waals surface area contributed by atoms with Crippen molar-refractivity contribution in [2.45, 2.75) is 63.5 Å². The minimum Gasteiger partial charge on any atom is -0.147 e. The number of halogens is 7. The molecule has 9 heteroatoms. The van der Waals surface area contributed by atoms with Gasteiger partial charge in [0.05, 0.1) is 0 Å². The Morgan fingerprint density at radius 1 is 0.714 bits per heavy atom. The third-order valence-electron chi connectivity index (χ3n) is 6.54. The zero-order chi connectivity index (χ0) is 25.3. The zero-order valence-corrected chi connectivity index (χ0v) is 24.2. The monoisotopic (exact) mass is 576 g/mol. The van der Waals surface area contributed by atoms with E-state index < -0.39 is 39.2 Å². The first-order chi connectivity index (χ1) is 14.4. The first kappa shape index (κ1) is 31.7. The van der Waals surface area contributed by atoms with Gasteiger partial charge in [-0.1, -0.05) is 0 Å². The molecule has 35 heavy (non-hydrogen) atoms. The van der Waals surface area contributed by atoms with E-state index in [2.05, 4.69) is 0 Å². The molecule has 1 aliphatic carbocycles. The van der Waals surface area contributed by atoms with Crippen LogP contribution in [0.3, 0.4) is 0 Å². The number of hydrogen-bond acceptors (Lipinski definition) is 1. The van der Waals surface area contributed by atoms with Crippen molar-refractivity contribution in [3.8, 4) is 5.75 Å². The minimum atomic E-state index is -13.1. The molecule has 0 aliphatic heterocycles. The van der Waals surface area contributed by atoms with Gasteiger partial charge in [-0.3, -0.25) is 0 Å². The Bertz CT molecular complexity index is 1190. The first-order valence-electron chi connectivity index (χ1n) is 11.1. The van der Waals surface area contributed by atoms with Crippen LogP contribution in [0.15, 0.2) is 66.8 Å². The SMILES string of the molecule is Cc1cc(C(C)(C)C)c([O][Ti]([F])([F])([F])([F])([F])([c]2ccccc2)[CH]2C=CC=C2)c(C(C)(C)C)c1.Cl.Cl. The summed E-state index contributed by atoms with van der Waals surface area (Å²) in [6, 6.07) is 7.05. The van der Waals surface area contributed by atoms with Gasteiger partial charge in [-0.05, 0) is 0 Å². The summed E-state index contributed by atoms with van der Waals surface area (Å²) >= 11 is -13.1. The smallest absolute Gasteiger partial charge is 0.147 e. The molecule has 0 atom stereocenters. The number of benzene rings is 2. The first-order valence-corrected chi connectivity index (χ1v) is 16.4. The van der Waals surface area contributed by atoms with Crippen molar-refractivity contribution in [3.05, 3.63) is 83.5 Å². The number of hydrogen-bond donors (Lipinski definition) is 0. The van der Waals surface area contributed by atoms with Crippen molar-refractivity contribution in [1.29, 1.82) is 0 Å². The van der Waals surface area contributed by atoms with Gasteiger partial charge in [-0.2, -0.15) is 0 Å². The summed E-state index contributed by atoms with van der Waals surface area (Å²) in [4.78, 5) is 0. The molecular formula is C26H35Cl2F5OTi. The molecule has 0 spiro atoms. The average Bonchev–Trinajstić information content (AvgIpc) is 3.18. The minimum absolute atomic E-state index is 0. The van der Waals surface area contributed by atoms with E-state index in [9.17, 15) is 0 Å². The van der Waals surface area contributed by atoms with E-state index in [1.807, 2.05) is 0 Å². The molecule has 1 nitrogen and oxygen atoms in total. The second-order valence-corrected chi connectivity index (χ2v) is 21.9. The van der Waals surface area contributed by atoms with E-state index in [4.69, 9.17) is 3.32 Å². The Morgan fingerprint density at radius 3 is 1.49 bits per heavy atom. The van der Waals surface area contributed by atoms with Crippen molar-refractivity contribution in [2.75, 3.05) is 0 Å². The van der Waals surface area contributed by atoms with Crippen molar-refractivity contribution in [3.63, 3.8) is 0 Å². The fourth-order valence-corrected chi connectivity index (χ4v) is 10.6. The van der Waals surface area contributed by atoms with Crippen LogP contribution in [0.25, 0.3) is 0 Å². The Hall–Kier alpha value is -1.34. The molecule has 1 aliphatic rings. The third-order valence-corrected chi connectivity index (χ3v) is 14.4. The van der Waals surface area contributed by atoms with Gasteiger partial charge in [0.15, 0.2) is 0 Å². The number of aryl methyl sites for hydroxylation is 1. The summed E-state index contributed by atoms with van der Waals surface area (Å²) in [6.07, 6.45) is 2.94. The van der Waals surface area contributed by atoms with E-state index in [0.717, 1.165) is 24.3 Å². The summed E-state index contributed by atoms with van der Waals surface area (Å²) in [7, 11) is 0. The van der Waals surface area contributed by atoms with E-state index in [1.54, 1.807) is 48.5 Å². The van der Waals surface area contributed by atoms with Crippen molar-refractivity contribution in [1.82, 2.24) is 0 Å². The normalized spacial score (nSPS) is 18.9. The quantitative estimate of drug-likeness (QED) is 0.260.